The van der Waals surface area contributed by atoms with Gasteiger partial charge in [0.25, 0.3) is 5.91 Å². The number of anilines is 2. The number of rotatable bonds is 10. The summed E-state index contributed by atoms with van der Waals surface area (Å²) in [4.78, 5) is 39.2. The van der Waals surface area contributed by atoms with E-state index < -0.39 is 5.91 Å². The predicted octanol–water partition coefficient (Wildman–Crippen LogP) is 2.59. The lowest BCUT2D eigenvalue weighted by atomic mass is 10.0. The third kappa shape index (κ3) is 5.59. The molecule has 0 saturated carbocycles. The van der Waals surface area contributed by atoms with Crippen molar-refractivity contribution < 1.29 is 14.7 Å². The van der Waals surface area contributed by atoms with E-state index in [-0.39, 0.29) is 18.8 Å². The number of hydrogen-bond donors (Lipinski definition) is 3. The Morgan fingerprint density at radius 1 is 1.03 bits per heavy atom. The fraction of sp³-hybridized carbons (Fsp3) is 0.192. The van der Waals surface area contributed by atoms with Gasteiger partial charge in [0.05, 0.1) is 17.7 Å². The molecule has 2 aromatic carbocycles. The van der Waals surface area contributed by atoms with Crippen LogP contribution in [-0.4, -0.2) is 51.9 Å². The smallest absolute Gasteiger partial charge is 0.250 e. The maximum absolute atomic E-state index is 12.9. The molecule has 2 heterocycles. The third-order valence-electron chi connectivity index (χ3n) is 5.64. The molecular formula is C26H26N6O3. The highest BCUT2D eigenvalue weighted by Gasteiger charge is 2.13. The number of likely N-dealkylation sites (N-methyl/N-ethyl adjacent to an activating group) is 1. The highest BCUT2D eigenvalue weighted by atomic mass is 16.3. The summed E-state index contributed by atoms with van der Waals surface area (Å²) in [5.74, 6) is 0.672. The zero-order valence-corrected chi connectivity index (χ0v) is 19.3. The quantitative estimate of drug-likeness (QED) is 0.301. The summed E-state index contributed by atoms with van der Waals surface area (Å²) >= 11 is 0. The Kier molecular flexibility index (Phi) is 7.27. The Morgan fingerprint density at radius 2 is 1.83 bits per heavy atom. The van der Waals surface area contributed by atoms with E-state index >= 15 is 0 Å². The van der Waals surface area contributed by atoms with E-state index in [1.807, 2.05) is 37.4 Å². The maximum atomic E-state index is 12.9. The van der Waals surface area contributed by atoms with Crippen LogP contribution in [0.3, 0.4) is 0 Å². The molecule has 2 aromatic heterocycles. The zero-order valence-electron chi connectivity index (χ0n) is 19.3. The second kappa shape index (κ2) is 10.7. The van der Waals surface area contributed by atoms with Crippen LogP contribution in [0.4, 0.5) is 11.6 Å². The van der Waals surface area contributed by atoms with Gasteiger partial charge in [0.1, 0.15) is 18.0 Å². The van der Waals surface area contributed by atoms with Gasteiger partial charge in [-0.3, -0.25) is 9.59 Å². The van der Waals surface area contributed by atoms with Gasteiger partial charge in [-0.2, -0.15) is 0 Å². The second-order valence-corrected chi connectivity index (χ2v) is 8.11. The molecule has 0 aliphatic rings. The minimum absolute atomic E-state index is 0.00823. The number of amides is 1. The number of nitrogens with one attached hydrogen (secondary N) is 1. The Hall–Kier alpha value is -4.37. The molecule has 9 heteroatoms. The van der Waals surface area contributed by atoms with E-state index in [0.717, 1.165) is 11.1 Å². The van der Waals surface area contributed by atoms with Crippen molar-refractivity contribution in [2.24, 2.45) is 5.73 Å². The first-order valence-corrected chi connectivity index (χ1v) is 11.1. The summed E-state index contributed by atoms with van der Waals surface area (Å²) in [6.07, 6.45) is 3.25. The van der Waals surface area contributed by atoms with E-state index in [4.69, 9.17) is 10.8 Å². The number of fused-ring (bicyclic) bond motifs is 1. The Morgan fingerprint density at radius 3 is 2.63 bits per heavy atom. The van der Waals surface area contributed by atoms with E-state index in [1.54, 1.807) is 35.4 Å². The number of para-hydroxylation sites is 1. The molecule has 178 valence electrons. The fourth-order valence-electron chi connectivity index (χ4n) is 3.82. The van der Waals surface area contributed by atoms with Gasteiger partial charge < -0.3 is 21.1 Å². The van der Waals surface area contributed by atoms with Crippen molar-refractivity contribution in [3.63, 3.8) is 0 Å². The topological polar surface area (TPSA) is 134 Å². The number of nitrogens with zero attached hydrogens (tertiary/aromatic N) is 4. The first-order valence-electron chi connectivity index (χ1n) is 11.1. The van der Waals surface area contributed by atoms with Gasteiger partial charge in [0.15, 0.2) is 5.78 Å². The number of nitrogens with two attached hydrogens (primary N) is 1. The van der Waals surface area contributed by atoms with Crippen molar-refractivity contribution in [2.45, 2.75) is 13.0 Å². The lowest BCUT2D eigenvalue weighted by Crippen LogP contribution is -2.22. The van der Waals surface area contributed by atoms with Crippen LogP contribution < -0.4 is 16.0 Å². The molecule has 0 aliphatic heterocycles. The number of Topliss-reactive ketones (excluding diaryl/α,β-unsaturated/α-hetero) is 1. The molecule has 0 spiro atoms. The van der Waals surface area contributed by atoms with Crippen LogP contribution in [0.15, 0.2) is 67.1 Å². The molecule has 0 radical (unpaired) electrons. The molecule has 4 rings (SSSR count). The first-order chi connectivity index (χ1) is 17.0. The summed E-state index contributed by atoms with van der Waals surface area (Å²) in [6.45, 7) is 0.916. The number of aliphatic hydroxyl groups is 1. The normalized spacial score (nSPS) is 10.8. The zero-order chi connectivity index (χ0) is 24.8. The van der Waals surface area contributed by atoms with Crippen LogP contribution in [0.1, 0.15) is 31.8 Å². The number of aliphatic hydroxyl groups excluding tert-OH is 1. The number of carbonyl (C=O) groups is 2. The fourth-order valence-corrected chi connectivity index (χ4v) is 3.82. The van der Waals surface area contributed by atoms with Crippen LogP contribution in [-0.2, 0) is 13.0 Å². The highest BCUT2D eigenvalue weighted by molar-refractivity contribution is 6.06. The van der Waals surface area contributed by atoms with Crippen molar-refractivity contribution in [3.05, 3.63) is 89.4 Å². The van der Waals surface area contributed by atoms with E-state index in [9.17, 15) is 9.59 Å². The molecule has 0 saturated heterocycles. The molecule has 0 fully saturated rings. The summed E-state index contributed by atoms with van der Waals surface area (Å²) in [5, 5.41) is 13.1. The summed E-state index contributed by atoms with van der Waals surface area (Å²) < 4.78 is 0. The van der Waals surface area contributed by atoms with E-state index in [0.29, 0.717) is 46.8 Å². The summed E-state index contributed by atoms with van der Waals surface area (Å²) in [7, 11) is 1.82. The van der Waals surface area contributed by atoms with Crippen LogP contribution in [0.2, 0.25) is 0 Å². The van der Waals surface area contributed by atoms with Gasteiger partial charge in [-0.1, -0.05) is 30.3 Å². The van der Waals surface area contributed by atoms with Crippen molar-refractivity contribution in [1.29, 1.82) is 0 Å². The SMILES string of the molecule is CN(CCO)c1cc(C(=O)Cc2cccc(CNc3ncnc4c(C(N)=O)cccc34)c2)ccn1. The molecule has 1 amide bonds. The largest absolute Gasteiger partial charge is 0.395 e. The average Bonchev–Trinajstić information content (AvgIpc) is 2.87. The number of benzene rings is 2. The second-order valence-electron chi connectivity index (χ2n) is 8.11. The van der Waals surface area contributed by atoms with Crippen molar-refractivity contribution in [3.8, 4) is 0 Å². The molecule has 4 aromatic rings. The molecule has 0 atom stereocenters. The van der Waals surface area contributed by atoms with Gasteiger partial charge in [-0.15, -0.1) is 0 Å². The van der Waals surface area contributed by atoms with Crippen molar-refractivity contribution in [2.75, 3.05) is 30.4 Å². The Balaban J connectivity index is 1.47. The van der Waals surface area contributed by atoms with Gasteiger partial charge in [-0.05, 0) is 35.4 Å². The number of pyridine rings is 1. The van der Waals surface area contributed by atoms with Crippen LogP contribution in [0.25, 0.3) is 10.9 Å². The standard InChI is InChI=1S/C26H26N6O3/c1-32(10-11-33)23-14-19(8-9-28-23)22(34)13-17-4-2-5-18(12-17)15-29-26-21-7-3-6-20(25(27)35)24(21)30-16-31-26/h2-9,12,14,16,33H,10-11,13,15H2,1H3,(H2,27,35)(H,29,30,31). The summed E-state index contributed by atoms with van der Waals surface area (Å²) in [5.41, 5.74) is 8.75. The van der Waals surface area contributed by atoms with Gasteiger partial charge in [-0.25, -0.2) is 15.0 Å². The molecule has 0 bridgehead atoms. The highest BCUT2D eigenvalue weighted by Crippen LogP contribution is 2.23. The summed E-state index contributed by atoms with van der Waals surface area (Å²) in [6, 6.07) is 16.4. The molecule has 0 unspecified atom stereocenters. The van der Waals surface area contributed by atoms with E-state index in [2.05, 4.69) is 20.3 Å². The monoisotopic (exact) mass is 470 g/mol. The number of carbonyl (C=O) groups excluding carboxylic acids is 2. The van der Waals surface area contributed by atoms with Crippen LogP contribution in [0.5, 0.6) is 0 Å². The minimum atomic E-state index is -0.543. The first kappa shape index (κ1) is 23.8. The van der Waals surface area contributed by atoms with Crippen LogP contribution in [0, 0.1) is 0 Å². The van der Waals surface area contributed by atoms with Gasteiger partial charge in [0.2, 0.25) is 0 Å². The average molecular weight is 471 g/mol. The maximum Gasteiger partial charge on any atom is 0.250 e. The molecule has 35 heavy (non-hydrogen) atoms. The number of ketones is 1. The third-order valence-corrected chi connectivity index (χ3v) is 5.64. The van der Waals surface area contributed by atoms with Gasteiger partial charge >= 0.3 is 0 Å². The molecule has 9 nitrogen and oxygen atoms in total. The predicted molar refractivity (Wildman–Crippen MR) is 134 cm³/mol. The van der Waals surface area contributed by atoms with Crippen LogP contribution >= 0.6 is 0 Å². The lowest BCUT2D eigenvalue weighted by molar-refractivity contribution is 0.0988. The molecule has 4 N–H and O–H groups in total. The minimum Gasteiger partial charge on any atom is -0.395 e. The Labute approximate surface area is 202 Å². The molecule has 0 aliphatic carbocycles. The van der Waals surface area contributed by atoms with E-state index in [1.165, 1.54) is 6.33 Å². The number of hydrogen-bond acceptors (Lipinski definition) is 8. The lowest BCUT2D eigenvalue weighted by Gasteiger charge is -2.17. The number of primary amides is 1. The number of aromatic nitrogens is 3. The molecular weight excluding hydrogens is 444 g/mol. The van der Waals surface area contributed by atoms with Gasteiger partial charge in [0, 0.05) is 43.7 Å². The Bertz CT molecular complexity index is 1370. The van der Waals surface area contributed by atoms with Crippen molar-refractivity contribution >= 4 is 34.2 Å². The van der Waals surface area contributed by atoms with Crippen molar-refractivity contribution in [1.82, 2.24) is 15.0 Å².